The molecule has 0 aromatic heterocycles. The zero-order valence-corrected chi connectivity index (χ0v) is 13.4. The lowest BCUT2D eigenvalue weighted by Crippen LogP contribution is -2.41. The molecule has 114 valence electrons. The number of aliphatic hydroxyl groups is 1. The SMILES string of the molecule is CC(C)CC(C)(O)CNS(=O)(=O)c1ccc(Cl)cc1N. The van der Waals surface area contributed by atoms with E-state index < -0.39 is 15.6 Å². The smallest absolute Gasteiger partial charge is 0.242 e. The van der Waals surface area contributed by atoms with Gasteiger partial charge in [0, 0.05) is 11.6 Å². The van der Waals surface area contributed by atoms with Gasteiger partial charge in [0.1, 0.15) is 4.90 Å². The molecule has 0 amide bonds. The van der Waals surface area contributed by atoms with Crippen molar-refractivity contribution in [2.45, 2.75) is 37.7 Å². The predicted octanol–water partition coefficient (Wildman–Crippen LogP) is 2.00. The Balaban J connectivity index is 2.85. The van der Waals surface area contributed by atoms with Gasteiger partial charge >= 0.3 is 0 Å². The third-order valence-electron chi connectivity index (χ3n) is 2.75. The number of benzene rings is 1. The number of sulfonamides is 1. The molecule has 4 N–H and O–H groups in total. The number of anilines is 1. The van der Waals surface area contributed by atoms with Crippen LogP contribution in [-0.4, -0.2) is 25.7 Å². The molecule has 7 heteroatoms. The van der Waals surface area contributed by atoms with Crippen molar-refractivity contribution in [2.24, 2.45) is 5.92 Å². The second kappa shape index (κ2) is 6.30. The van der Waals surface area contributed by atoms with Crippen LogP contribution in [0.15, 0.2) is 23.1 Å². The summed E-state index contributed by atoms with van der Waals surface area (Å²) in [5, 5.41) is 10.5. The highest BCUT2D eigenvalue weighted by atomic mass is 35.5. The fraction of sp³-hybridized carbons (Fsp3) is 0.538. The molecule has 0 heterocycles. The molecule has 1 rings (SSSR count). The van der Waals surface area contributed by atoms with Gasteiger partial charge in [0.25, 0.3) is 0 Å². The van der Waals surface area contributed by atoms with Crippen molar-refractivity contribution in [3.63, 3.8) is 0 Å². The van der Waals surface area contributed by atoms with E-state index in [0.29, 0.717) is 11.4 Å². The van der Waals surface area contributed by atoms with Crippen molar-refractivity contribution in [3.8, 4) is 0 Å². The van der Waals surface area contributed by atoms with Crippen LogP contribution >= 0.6 is 11.6 Å². The van der Waals surface area contributed by atoms with E-state index in [-0.39, 0.29) is 23.0 Å². The molecule has 0 saturated carbocycles. The molecule has 1 unspecified atom stereocenters. The molecule has 0 radical (unpaired) electrons. The van der Waals surface area contributed by atoms with Crippen molar-refractivity contribution < 1.29 is 13.5 Å². The molecule has 0 aliphatic carbocycles. The molecule has 0 fully saturated rings. The summed E-state index contributed by atoms with van der Waals surface area (Å²) in [5.74, 6) is 0.259. The summed E-state index contributed by atoms with van der Waals surface area (Å²) in [6.45, 7) is 5.44. The van der Waals surface area contributed by atoms with Crippen molar-refractivity contribution in [2.75, 3.05) is 12.3 Å². The number of nitrogens with one attached hydrogen (secondary N) is 1. The van der Waals surface area contributed by atoms with Crippen molar-refractivity contribution in [1.82, 2.24) is 4.72 Å². The first-order valence-corrected chi connectivity index (χ1v) is 8.17. The van der Waals surface area contributed by atoms with E-state index in [1.807, 2.05) is 13.8 Å². The highest BCUT2D eigenvalue weighted by molar-refractivity contribution is 7.89. The van der Waals surface area contributed by atoms with E-state index in [2.05, 4.69) is 4.72 Å². The van der Waals surface area contributed by atoms with E-state index in [0.717, 1.165) is 0 Å². The van der Waals surface area contributed by atoms with E-state index in [4.69, 9.17) is 17.3 Å². The van der Waals surface area contributed by atoms with Crippen LogP contribution in [0, 0.1) is 5.92 Å². The molecule has 0 spiro atoms. The number of halogens is 1. The Hall–Kier alpha value is -0.820. The van der Waals surface area contributed by atoms with Gasteiger partial charge < -0.3 is 10.8 Å². The number of nitrogen functional groups attached to an aromatic ring is 1. The highest BCUT2D eigenvalue weighted by Crippen LogP contribution is 2.23. The first-order valence-electron chi connectivity index (χ1n) is 6.30. The van der Waals surface area contributed by atoms with E-state index >= 15 is 0 Å². The van der Waals surface area contributed by atoms with Gasteiger partial charge in [0.2, 0.25) is 10.0 Å². The van der Waals surface area contributed by atoms with Crippen LogP contribution in [0.5, 0.6) is 0 Å². The molecule has 5 nitrogen and oxygen atoms in total. The molecule has 1 atom stereocenters. The Labute approximate surface area is 125 Å². The molecule has 1 aromatic rings. The van der Waals surface area contributed by atoms with Crippen LogP contribution in [0.1, 0.15) is 27.2 Å². The molecular weight excluding hydrogens is 300 g/mol. The van der Waals surface area contributed by atoms with Gasteiger partial charge in [-0.3, -0.25) is 0 Å². The third kappa shape index (κ3) is 4.94. The monoisotopic (exact) mass is 320 g/mol. The van der Waals surface area contributed by atoms with Crippen molar-refractivity contribution in [1.29, 1.82) is 0 Å². The maximum atomic E-state index is 12.2. The molecule has 0 bridgehead atoms. The second-order valence-electron chi connectivity index (χ2n) is 5.60. The van der Waals surface area contributed by atoms with Gasteiger partial charge in [-0.2, -0.15) is 0 Å². The lowest BCUT2D eigenvalue weighted by atomic mass is 9.95. The fourth-order valence-electron chi connectivity index (χ4n) is 2.04. The number of hydrogen-bond acceptors (Lipinski definition) is 4. The molecule has 20 heavy (non-hydrogen) atoms. The van der Waals surface area contributed by atoms with Gasteiger partial charge in [-0.15, -0.1) is 0 Å². The Morgan fingerprint density at radius 2 is 2.05 bits per heavy atom. The maximum absolute atomic E-state index is 12.2. The minimum absolute atomic E-state index is 0.0396. The summed E-state index contributed by atoms with van der Waals surface area (Å²) in [6.07, 6.45) is 0.492. The summed E-state index contributed by atoms with van der Waals surface area (Å²) in [5.41, 5.74) is 4.63. The van der Waals surface area contributed by atoms with Crippen molar-refractivity contribution in [3.05, 3.63) is 23.2 Å². The van der Waals surface area contributed by atoms with E-state index in [1.165, 1.54) is 18.2 Å². The summed E-state index contributed by atoms with van der Waals surface area (Å²) in [7, 11) is -3.77. The second-order valence-corrected chi connectivity index (χ2v) is 7.77. The average molecular weight is 321 g/mol. The topological polar surface area (TPSA) is 92.4 Å². The van der Waals surface area contributed by atoms with Gasteiger partial charge in [0.15, 0.2) is 0 Å². The number of nitrogens with two attached hydrogens (primary N) is 1. The number of rotatable bonds is 6. The van der Waals surface area contributed by atoms with Gasteiger partial charge in [-0.25, -0.2) is 13.1 Å². The summed E-state index contributed by atoms with van der Waals surface area (Å²) in [4.78, 5) is -0.0396. The standard InChI is InChI=1S/C13H21ClN2O3S/c1-9(2)7-13(3,17)8-16-20(18,19)12-5-4-10(14)6-11(12)15/h4-6,9,16-17H,7-8,15H2,1-3H3. The molecule has 0 saturated heterocycles. The van der Waals surface area contributed by atoms with Crippen LogP contribution in [-0.2, 0) is 10.0 Å². The first-order chi connectivity index (χ1) is 9.03. The summed E-state index contributed by atoms with van der Waals surface area (Å²) >= 11 is 5.74. The van der Waals surface area contributed by atoms with Gasteiger partial charge in [-0.05, 0) is 37.5 Å². The van der Waals surface area contributed by atoms with E-state index in [1.54, 1.807) is 6.92 Å². The van der Waals surface area contributed by atoms with Crippen LogP contribution in [0.25, 0.3) is 0 Å². The van der Waals surface area contributed by atoms with Crippen LogP contribution < -0.4 is 10.5 Å². The largest absolute Gasteiger partial charge is 0.398 e. The zero-order chi connectivity index (χ0) is 15.6. The minimum atomic E-state index is -3.77. The molecule has 0 aliphatic heterocycles. The summed E-state index contributed by atoms with van der Waals surface area (Å²) in [6, 6.07) is 4.18. The lowest BCUT2D eigenvalue weighted by Gasteiger charge is -2.25. The Bertz CT molecular complexity index is 571. The predicted molar refractivity (Wildman–Crippen MR) is 81.1 cm³/mol. The van der Waals surface area contributed by atoms with Crippen LogP contribution in [0.4, 0.5) is 5.69 Å². The van der Waals surface area contributed by atoms with E-state index in [9.17, 15) is 13.5 Å². The van der Waals surface area contributed by atoms with Crippen molar-refractivity contribution >= 4 is 27.3 Å². The highest BCUT2D eigenvalue weighted by Gasteiger charge is 2.26. The zero-order valence-electron chi connectivity index (χ0n) is 11.9. The molecular formula is C13H21ClN2O3S. The van der Waals surface area contributed by atoms with Gasteiger partial charge in [0.05, 0.1) is 11.3 Å². The Kier molecular flexibility index (Phi) is 5.43. The maximum Gasteiger partial charge on any atom is 0.242 e. The average Bonchev–Trinajstić information content (AvgIpc) is 2.24. The molecule has 0 aliphatic rings. The number of hydrogen-bond donors (Lipinski definition) is 3. The normalized spacial score (nSPS) is 15.3. The van der Waals surface area contributed by atoms with Crippen LogP contribution in [0.2, 0.25) is 5.02 Å². The minimum Gasteiger partial charge on any atom is -0.398 e. The fourth-order valence-corrected chi connectivity index (χ4v) is 3.50. The Morgan fingerprint density at radius 3 is 2.55 bits per heavy atom. The van der Waals surface area contributed by atoms with Gasteiger partial charge in [-0.1, -0.05) is 25.4 Å². The van der Waals surface area contributed by atoms with Crippen LogP contribution in [0.3, 0.4) is 0 Å². The lowest BCUT2D eigenvalue weighted by molar-refractivity contribution is 0.0437. The quantitative estimate of drug-likeness (QED) is 0.699. The Morgan fingerprint density at radius 1 is 1.45 bits per heavy atom. The molecule has 1 aromatic carbocycles. The third-order valence-corrected chi connectivity index (χ3v) is 4.46. The summed E-state index contributed by atoms with van der Waals surface area (Å²) < 4.78 is 26.7. The first kappa shape index (κ1) is 17.2.